The van der Waals surface area contributed by atoms with E-state index in [0.717, 1.165) is 12.3 Å². The fourth-order valence-electron chi connectivity index (χ4n) is 2.35. The molecule has 1 fully saturated rings. The van der Waals surface area contributed by atoms with E-state index in [1.165, 1.54) is 44.9 Å². The SMILES string of the molecule is Clc1ccc(CNC2CCCCCCC2)o1. The van der Waals surface area contributed by atoms with Crippen LogP contribution < -0.4 is 5.32 Å². The van der Waals surface area contributed by atoms with Crippen molar-refractivity contribution < 1.29 is 4.42 Å². The van der Waals surface area contributed by atoms with Crippen LogP contribution in [-0.4, -0.2) is 6.04 Å². The molecule has 90 valence electrons. The van der Waals surface area contributed by atoms with Crippen molar-refractivity contribution in [2.75, 3.05) is 0 Å². The smallest absolute Gasteiger partial charge is 0.193 e. The molecule has 1 aliphatic rings. The molecule has 1 saturated carbocycles. The molecule has 1 heterocycles. The third-order valence-electron chi connectivity index (χ3n) is 3.30. The zero-order valence-corrected chi connectivity index (χ0v) is 10.4. The molecule has 2 nitrogen and oxygen atoms in total. The van der Waals surface area contributed by atoms with Crippen LogP contribution in [0.3, 0.4) is 0 Å². The van der Waals surface area contributed by atoms with Crippen molar-refractivity contribution in [3.05, 3.63) is 23.1 Å². The van der Waals surface area contributed by atoms with E-state index < -0.39 is 0 Å². The summed E-state index contributed by atoms with van der Waals surface area (Å²) in [5.41, 5.74) is 0. The predicted molar refractivity (Wildman–Crippen MR) is 66.7 cm³/mol. The predicted octanol–water partition coefficient (Wildman–Crippen LogP) is 4.14. The van der Waals surface area contributed by atoms with Crippen molar-refractivity contribution in [3.63, 3.8) is 0 Å². The lowest BCUT2D eigenvalue weighted by atomic mass is 9.97. The number of nitrogens with one attached hydrogen (secondary N) is 1. The fraction of sp³-hybridized carbons (Fsp3) is 0.692. The molecule has 0 spiro atoms. The van der Waals surface area contributed by atoms with Crippen LogP contribution in [0.15, 0.2) is 16.5 Å². The van der Waals surface area contributed by atoms with Crippen molar-refractivity contribution in [1.82, 2.24) is 5.32 Å². The Morgan fingerprint density at radius 2 is 1.81 bits per heavy atom. The molecule has 0 aromatic carbocycles. The van der Waals surface area contributed by atoms with Crippen LogP contribution in [0, 0.1) is 0 Å². The van der Waals surface area contributed by atoms with Gasteiger partial charge in [-0.25, -0.2) is 0 Å². The van der Waals surface area contributed by atoms with E-state index >= 15 is 0 Å². The Labute approximate surface area is 102 Å². The van der Waals surface area contributed by atoms with E-state index in [1.807, 2.05) is 6.07 Å². The van der Waals surface area contributed by atoms with Gasteiger partial charge in [-0.05, 0) is 36.6 Å². The molecule has 2 rings (SSSR count). The third-order valence-corrected chi connectivity index (χ3v) is 3.50. The summed E-state index contributed by atoms with van der Waals surface area (Å²) in [6.07, 6.45) is 9.52. The summed E-state index contributed by atoms with van der Waals surface area (Å²) in [5.74, 6) is 0.937. The van der Waals surface area contributed by atoms with E-state index in [0.29, 0.717) is 11.3 Å². The Kier molecular flexibility index (Phi) is 4.73. The van der Waals surface area contributed by atoms with Gasteiger partial charge in [-0.1, -0.05) is 32.1 Å². The molecule has 1 N–H and O–H groups in total. The van der Waals surface area contributed by atoms with Gasteiger partial charge in [0.05, 0.1) is 6.54 Å². The van der Waals surface area contributed by atoms with Gasteiger partial charge in [0.1, 0.15) is 5.76 Å². The van der Waals surface area contributed by atoms with Gasteiger partial charge in [-0.3, -0.25) is 0 Å². The fourth-order valence-corrected chi connectivity index (χ4v) is 2.51. The topological polar surface area (TPSA) is 25.2 Å². The van der Waals surface area contributed by atoms with Gasteiger partial charge in [0.25, 0.3) is 0 Å². The van der Waals surface area contributed by atoms with Crippen LogP contribution >= 0.6 is 11.6 Å². The maximum absolute atomic E-state index is 5.74. The van der Waals surface area contributed by atoms with Gasteiger partial charge in [-0.15, -0.1) is 0 Å². The van der Waals surface area contributed by atoms with Gasteiger partial charge in [-0.2, -0.15) is 0 Å². The monoisotopic (exact) mass is 241 g/mol. The first-order valence-corrected chi connectivity index (χ1v) is 6.70. The Bertz CT molecular complexity index is 303. The molecule has 0 amide bonds. The Balaban J connectivity index is 1.75. The number of halogens is 1. The summed E-state index contributed by atoms with van der Waals surface area (Å²) >= 11 is 5.74. The molecule has 0 unspecified atom stereocenters. The van der Waals surface area contributed by atoms with Gasteiger partial charge >= 0.3 is 0 Å². The van der Waals surface area contributed by atoms with Gasteiger partial charge < -0.3 is 9.73 Å². The molecule has 1 aromatic rings. The van der Waals surface area contributed by atoms with E-state index in [-0.39, 0.29) is 0 Å². The second-order valence-electron chi connectivity index (χ2n) is 4.63. The molecule has 0 atom stereocenters. The minimum Gasteiger partial charge on any atom is -0.448 e. The van der Waals surface area contributed by atoms with Crippen LogP contribution in [0.4, 0.5) is 0 Å². The van der Waals surface area contributed by atoms with Crippen molar-refractivity contribution in [2.45, 2.75) is 57.5 Å². The maximum Gasteiger partial charge on any atom is 0.193 e. The van der Waals surface area contributed by atoms with Crippen molar-refractivity contribution in [3.8, 4) is 0 Å². The van der Waals surface area contributed by atoms with Crippen molar-refractivity contribution in [1.29, 1.82) is 0 Å². The summed E-state index contributed by atoms with van der Waals surface area (Å²) in [4.78, 5) is 0. The minimum absolute atomic E-state index is 0.481. The Morgan fingerprint density at radius 3 is 2.44 bits per heavy atom. The molecular weight excluding hydrogens is 222 g/mol. The standard InChI is InChI=1S/C13H20ClNO/c14-13-9-8-12(16-13)10-15-11-6-4-2-1-3-5-7-11/h8-9,11,15H,1-7,10H2. The van der Waals surface area contributed by atoms with E-state index in [2.05, 4.69) is 5.32 Å². The highest BCUT2D eigenvalue weighted by Crippen LogP contribution is 2.18. The summed E-state index contributed by atoms with van der Waals surface area (Å²) in [6, 6.07) is 4.40. The maximum atomic E-state index is 5.74. The zero-order chi connectivity index (χ0) is 11.2. The van der Waals surface area contributed by atoms with Crippen LogP contribution in [0.1, 0.15) is 50.7 Å². The third kappa shape index (κ3) is 3.84. The van der Waals surface area contributed by atoms with E-state index in [9.17, 15) is 0 Å². The van der Waals surface area contributed by atoms with Crippen LogP contribution in [-0.2, 0) is 6.54 Å². The summed E-state index contributed by atoms with van der Waals surface area (Å²) in [7, 11) is 0. The van der Waals surface area contributed by atoms with Crippen molar-refractivity contribution in [2.24, 2.45) is 0 Å². The molecule has 0 bridgehead atoms. The minimum atomic E-state index is 0.481. The molecule has 16 heavy (non-hydrogen) atoms. The average molecular weight is 242 g/mol. The van der Waals surface area contributed by atoms with E-state index in [4.69, 9.17) is 16.0 Å². The first kappa shape index (κ1) is 12.0. The largest absolute Gasteiger partial charge is 0.448 e. The summed E-state index contributed by atoms with van der Waals surface area (Å²) < 4.78 is 5.33. The Hall–Kier alpha value is -0.470. The number of hydrogen-bond donors (Lipinski definition) is 1. The van der Waals surface area contributed by atoms with Gasteiger partial charge in [0.2, 0.25) is 0 Å². The lowest BCUT2D eigenvalue weighted by Gasteiger charge is -2.20. The van der Waals surface area contributed by atoms with Crippen LogP contribution in [0.2, 0.25) is 5.22 Å². The molecule has 1 aliphatic carbocycles. The molecule has 1 aromatic heterocycles. The number of rotatable bonds is 3. The molecule has 0 radical (unpaired) electrons. The molecule has 0 saturated heterocycles. The molecule has 0 aliphatic heterocycles. The highest BCUT2D eigenvalue weighted by atomic mass is 35.5. The van der Waals surface area contributed by atoms with Crippen LogP contribution in [0.5, 0.6) is 0 Å². The second-order valence-corrected chi connectivity index (χ2v) is 5.00. The van der Waals surface area contributed by atoms with Gasteiger partial charge in [0, 0.05) is 6.04 Å². The highest BCUT2D eigenvalue weighted by Gasteiger charge is 2.11. The number of hydrogen-bond acceptors (Lipinski definition) is 2. The first-order chi connectivity index (χ1) is 7.84. The van der Waals surface area contributed by atoms with E-state index in [1.54, 1.807) is 6.07 Å². The lowest BCUT2D eigenvalue weighted by Crippen LogP contribution is -2.29. The second kappa shape index (κ2) is 6.31. The van der Waals surface area contributed by atoms with Crippen LogP contribution in [0.25, 0.3) is 0 Å². The summed E-state index contributed by atoms with van der Waals surface area (Å²) in [5, 5.41) is 4.05. The Morgan fingerprint density at radius 1 is 1.12 bits per heavy atom. The molecular formula is C13H20ClNO. The number of furan rings is 1. The molecule has 3 heteroatoms. The lowest BCUT2D eigenvalue weighted by molar-refractivity contribution is 0.371. The summed E-state index contributed by atoms with van der Waals surface area (Å²) in [6.45, 7) is 0.803. The zero-order valence-electron chi connectivity index (χ0n) is 9.68. The highest BCUT2D eigenvalue weighted by molar-refractivity contribution is 6.28. The quantitative estimate of drug-likeness (QED) is 0.861. The normalized spacial score (nSPS) is 19.3. The van der Waals surface area contributed by atoms with Gasteiger partial charge in [0.15, 0.2) is 5.22 Å². The van der Waals surface area contributed by atoms with Crippen molar-refractivity contribution >= 4 is 11.6 Å². The average Bonchev–Trinajstić information content (AvgIpc) is 2.63. The first-order valence-electron chi connectivity index (χ1n) is 6.32.